The van der Waals surface area contributed by atoms with Gasteiger partial charge in [-0.1, -0.05) is 29.8 Å². The molecular formula is C26H22ClN3O4S. The lowest BCUT2D eigenvalue weighted by Gasteiger charge is -2.14. The number of halogens is 1. The number of amides is 1. The number of anilines is 1. The molecule has 4 aromatic rings. The number of nitrogens with zero attached hydrogens (tertiary/aromatic N) is 1. The van der Waals surface area contributed by atoms with E-state index in [0.29, 0.717) is 44.8 Å². The Balaban J connectivity index is 1.50. The van der Waals surface area contributed by atoms with E-state index in [1.54, 1.807) is 62.9 Å². The van der Waals surface area contributed by atoms with Gasteiger partial charge < -0.3 is 19.5 Å². The summed E-state index contributed by atoms with van der Waals surface area (Å²) >= 11 is 11.7. The number of pyridine rings is 1. The molecule has 35 heavy (non-hydrogen) atoms. The van der Waals surface area contributed by atoms with Crippen molar-refractivity contribution >= 4 is 51.4 Å². The highest BCUT2D eigenvalue weighted by molar-refractivity contribution is 7.80. The Morgan fingerprint density at radius 2 is 1.71 bits per heavy atom. The molecule has 1 aromatic heterocycles. The van der Waals surface area contributed by atoms with Gasteiger partial charge in [-0.3, -0.25) is 15.1 Å². The number of benzene rings is 3. The van der Waals surface area contributed by atoms with E-state index in [4.69, 9.17) is 38.0 Å². The molecule has 0 aliphatic heterocycles. The molecule has 0 saturated carbocycles. The Hall–Kier alpha value is -3.88. The summed E-state index contributed by atoms with van der Waals surface area (Å²) in [6, 6.07) is 17.7. The van der Waals surface area contributed by atoms with Crippen LogP contribution in [0.4, 0.5) is 5.69 Å². The lowest BCUT2D eigenvalue weighted by Crippen LogP contribution is -2.34. The maximum Gasteiger partial charge on any atom is 0.257 e. The molecule has 0 radical (unpaired) electrons. The maximum atomic E-state index is 12.5. The average molecular weight is 508 g/mol. The second-order valence-corrected chi connectivity index (χ2v) is 8.32. The van der Waals surface area contributed by atoms with Gasteiger partial charge in [-0.2, -0.15) is 0 Å². The second-order valence-electron chi connectivity index (χ2n) is 7.50. The van der Waals surface area contributed by atoms with Crippen LogP contribution in [0.5, 0.6) is 23.0 Å². The SMILES string of the molecule is COc1cc2nccc(Oc3ccc(NC(=S)NC(=O)c4ccccc4C)c(Cl)c3)c2cc1OC. The number of hydrogen-bond acceptors (Lipinski definition) is 6. The molecule has 2 N–H and O–H groups in total. The van der Waals surface area contributed by atoms with Crippen LogP contribution in [0.3, 0.4) is 0 Å². The van der Waals surface area contributed by atoms with E-state index < -0.39 is 0 Å². The van der Waals surface area contributed by atoms with E-state index in [9.17, 15) is 4.79 Å². The van der Waals surface area contributed by atoms with Crippen molar-refractivity contribution in [1.82, 2.24) is 10.3 Å². The summed E-state index contributed by atoms with van der Waals surface area (Å²) in [6.07, 6.45) is 1.65. The van der Waals surface area contributed by atoms with Crippen molar-refractivity contribution in [2.45, 2.75) is 6.92 Å². The first-order valence-electron chi connectivity index (χ1n) is 10.6. The number of aromatic nitrogens is 1. The van der Waals surface area contributed by atoms with E-state index in [1.807, 2.05) is 25.1 Å². The largest absolute Gasteiger partial charge is 0.493 e. The molecule has 0 aliphatic carbocycles. The normalized spacial score (nSPS) is 10.5. The maximum absolute atomic E-state index is 12.5. The second kappa shape index (κ2) is 10.6. The first-order chi connectivity index (χ1) is 16.9. The number of aryl methyl sites for hydroxylation is 1. The number of fused-ring (bicyclic) bond motifs is 1. The standard InChI is InChI=1S/C26H22ClN3O4S/c1-15-6-4-5-7-17(15)25(31)30-26(35)29-20-9-8-16(12-19(20)27)34-22-10-11-28-21-14-24(33-3)23(32-2)13-18(21)22/h4-14H,1-3H3,(H2,29,30,31,35). The Bertz CT molecular complexity index is 1430. The van der Waals surface area contributed by atoms with Gasteiger partial charge in [0.2, 0.25) is 0 Å². The van der Waals surface area contributed by atoms with Crippen LogP contribution >= 0.6 is 23.8 Å². The zero-order valence-corrected chi connectivity index (χ0v) is 20.8. The van der Waals surface area contributed by atoms with Crippen LogP contribution < -0.4 is 24.8 Å². The van der Waals surface area contributed by atoms with E-state index in [2.05, 4.69) is 15.6 Å². The molecule has 1 heterocycles. The zero-order chi connectivity index (χ0) is 24.9. The van der Waals surface area contributed by atoms with Crippen molar-refractivity contribution in [1.29, 1.82) is 0 Å². The third-order valence-corrected chi connectivity index (χ3v) is 5.76. The molecule has 0 aliphatic rings. The number of methoxy groups -OCH3 is 2. The van der Waals surface area contributed by atoms with E-state index in [-0.39, 0.29) is 11.0 Å². The molecular weight excluding hydrogens is 486 g/mol. The Morgan fingerprint density at radius 3 is 2.43 bits per heavy atom. The van der Waals surface area contributed by atoms with Crippen molar-refractivity contribution in [2.75, 3.05) is 19.5 Å². The Morgan fingerprint density at radius 1 is 0.971 bits per heavy atom. The fraction of sp³-hybridized carbons (Fsp3) is 0.115. The summed E-state index contributed by atoms with van der Waals surface area (Å²) in [5.41, 5.74) is 2.62. The predicted octanol–water partition coefficient (Wildman–Crippen LogP) is 6.13. The summed E-state index contributed by atoms with van der Waals surface area (Å²) in [7, 11) is 3.14. The summed E-state index contributed by atoms with van der Waals surface area (Å²) in [6.45, 7) is 1.86. The highest BCUT2D eigenvalue weighted by Gasteiger charge is 2.14. The topological polar surface area (TPSA) is 81.7 Å². The fourth-order valence-electron chi connectivity index (χ4n) is 3.48. The molecule has 0 spiro atoms. The van der Waals surface area contributed by atoms with Crippen LogP contribution in [0.25, 0.3) is 10.9 Å². The third kappa shape index (κ3) is 5.45. The molecule has 4 rings (SSSR count). The van der Waals surface area contributed by atoms with Gasteiger partial charge in [0.15, 0.2) is 16.6 Å². The molecule has 0 saturated heterocycles. The van der Waals surface area contributed by atoms with E-state index in [0.717, 1.165) is 10.9 Å². The monoisotopic (exact) mass is 507 g/mol. The third-order valence-electron chi connectivity index (χ3n) is 5.24. The van der Waals surface area contributed by atoms with Gasteiger partial charge in [0.1, 0.15) is 11.5 Å². The van der Waals surface area contributed by atoms with E-state index >= 15 is 0 Å². The van der Waals surface area contributed by atoms with Crippen LogP contribution in [0.15, 0.2) is 66.9 Å². The fourth-order valence-corrected chi connectivity index (χ4v) is 3.90. The summed E-state index contributed by atoms with van der Waals surface area (Å²) in [4.78, 5) is 16.9. The van der Waals surface area contributed by atoms with Crippen LogP contribution in [0, 0.1) is 6.92 Å². The number of nitrogens with one attached hydrogen (secondary N) is 2. The van der Waals surface area contributed by atoms with Crippen molar-refractivity contribution in [2.24, 2.45) is 0 Å². The first kappa shape index (κ1) is 24.3. The average Bonchev–Trinajstić information content (AvgIpc) is 2.85. The Labute approximate surface area is 213 Å². The number of rotatable bonds is 6. The summed E-state index contributed by atoms with van der Waals surface area (Å²) in [5.74, 6) is 1.94. The molecule has 178 valence electrons. The highest BCUT2D eigenvalue weighted by Crippen LogP contribution is 2.37. The van der Waals surface area contributed by atoms with Crippen LogP contribution in [-0.2, 0) is 0 Å². The minimum Gasteiger partial charge on any atom is -0.493 e. The predicted molar refractivity (Wildman–Crippen MR) is 141 cm³/mol. The van der Waals surface area contributed by atoms with Crippen molar-refractivity contribution in [3.8, 4) is 23.0 Å². The summed E-state index contributed by atoms with van der Waals surface area (Å²) in [5, 5.41) is 6.88. The van der Waals surface area contributed by atoms with Crippen LogP contribution in [0.1, 0.15) is 15.9 Å². The number of hydrogen-bond donors (Lipinski definition) is 2. The number of ether oxygens (including phenoxy) is 3. The van der Waals surface area contributed by atoms with Gasteiger partial charge >= 0.3 is 0 Å². The number of carbonyl (C=O) groups is 1. The van der Waals surface area contributed by atoms with E-state index in [1.165, 1.54) is 0 Å². The number of thiocarbonyl (C=S) groups is 1. The smallest absolute Gasteiger partial charge is 0.257 e. The molecule has 3 aromatic carbocycles. The van der Waals surface area contributed by atoms with Gasteiger partial charge in [-0.05, 0) is 55.0 Å². The first-order valence-corrected chi connectivity index (χ1v) is 11.3. The molecule has 0 fully saturated rings. The molecule has 1 amide bonds. The van der Waals surface area contributed by atoms with Gasteiger partial charge in [0, 0.05) is 29.3 Å². The quantitative estimate of drug-likeness (QED) is 0.304. The minimum atomic E-state index is -0.298. The van der Waals surface area contributed by atoms with Gasteiger partial charge in [0.05, 0.1) is 30.4 Å². The molecule has 9 heteroatoms. The summed E-state index contributed by atoms with van der Waals surface area (Å²) < 4.78 is 16.8. The van der Waals surface area contributed by atoms with Crippen LogP contribution in [-0.4, -0.2) is 30.2 Å². The lowest BCUT2D eigenvalue weighted by molar-refractivity contribution is 0.0977. The van der Waals surface area contributed by atoms with Gasteiger partial charge in [-0.15, -0.1) is 0 Å². The minimum absolute atomic E-state index is 0.134. The molecule has 0 atom stereocenters. The van der Waals surface area contributed by atoms with Gasteiger partial charge in [0.25, 0.3) is 5.91 Å². The van der Waals surface area contributed by atoms with Crippen LogP contribution in [0.2, 0.25) is 5.02 Å². The molecule has 0 bridgehead atoms. The molecule has 0 unspecified atom stereocenters. The lowest BCUT2D eigenvalue weighted by atomic mass is 10.1. The van der Waals surface area contributed by atoms with Crippen molar-refractivity contribution in [3.05, 3.63) is 83.0 Å². The molecule has 7 nitrogen and oxygen atoms in total. The van der Waals surface area contributed by atoms with Crippen molar-refractivity contribution in [3.63, 3.8) is 0 Å². The Kier molecular flexibility index (Phi) is 7.33. The van der Waals surface area contributed by atoms with Crippen molar-refractivity contribution < 1.29 is 19.0 Å². The van der Waals surface area contributed by atoms with Gasteiger partial charge in [-0.25, -0.2) is 0 Å². The highest BCUT2D eigenvalue weighted by atomic mass is 35.5. The number of carbonyl (C=O) groups excluding carboxylic acids is 1. The zero-order valence-electron chi connectivity index (χ0n) is 19.2.